The van der Waals surface area contributed by atoms with Crippen LogP contribution in [0.3, 0.4) is 0 Å². The summed E-state index contributed by atoms with van der Waals surface area (Å²) >= 11 is 0. The second kappa shape index (κ2) is 9.55. The monoisotopic (exact) mass is 396 g/mol. The topological polar surface area (TPSA) is 61.6 Å². The Morgan fingerprint density at radius 2 is 2.03 bits per heavy atom. The summed E-state index contributed by atoms with van der Waals surface area (Å²) in [6.45, 7) is 8.43. The molecule has 4 rings (SSSR count). The molecule has 2 aromatic rings. The fraction of sp³-hybridized carbons (Fsp3) is 0.565. The first-order valence-corrected chi connectivity index (χ1v) is 10.9. The van der Waals surface area contributed by atoms with Crippen molar-refractivity contribution in [3.05, 3.63) is 42.4 Å². The predicted molar refractivity (Wildman–Crippen MR) is 113 cm³/mol. The Labute approximate surface area is 173 Å². The highest BCUT2D eigenvalue weighted by atomic mass is 16.4. The number of hydrogen-bond acceptors (Lipinski definition) is 5. The van der Waals surface area contributed by atoms with Gasteiger partial charge >= 0.3 is 0 Å². The van der Waals surface area contributed by atoms with Gasteiger partial charge in [0.25, 0.3) is 0 Å². The van der Waals surface area contributed by atoms with Crippen LogP contribution in [0.4, 0.5) is 0 Å². The van der Waals surface area contributed by atoms with Gasteiger partial charge in [-0.15, -0.1) is 0 Å². The number of nitrogens with zero attached hydrogens (tertiary/aromatic N) is 3. The van der Waals surface area contributed by atoms with Gasteiger partial charge in [0.05, 0.1) is 12.7 Å². The number of piperidine rings is 1. The van der Waals surface area contributed by atoms with E-state index in [2.05, 4.69) is 22.1 Å². The lowest BCUT2D eigenvalue weighted by Gasteiger charge is -2.35. The van der Waals surface area contributed by atoms with Crippen LogP contribution in [0.2, 0.25) is 0 Å². The lowest BCUT2D eigenvalue weighted by molar-refractivity contribution is -0.134. The largest absolute Gasteiger partial charge is 0.439 e. The van der Waals surface area contributed by atoms with Gasteiger partial charge in [0.15, 0.2) is 5.76 Å². The molecule has 156 valence electrons. The predicted octanol–water partition coefficient (Wildman–Crippen LogP) is 3.01. The maximum atomic E-state index is 12.7. The van der Waals surface area contributed by atoms with E-state index in [9.17, 15) is 4.79 Å². The number of oxazole rings is 1. The molecule has 6 nitrogen and oxygen atoms in total. The molecular formula is C23H32N4O2. The Kier molecular flexibility index (Phi) is 6.62. The molecule has 1 amide bonds. The molecule has 1 aromatic heterocycles. The van der Waals surface area contributed by atoms with Crippen molar-refractivity contribution in [2.24, 2.45) is 11.8 Å². The van der Waals surface area contributed by atoms with E-state index in [0.717, 1.165) is 56.5 Å². The average Bonchev–Trinajstić information content (AvgIpc) is 3.24. The third kappa shape index (κ3) is 5.25. The highest BCUT2D eigenvalue weighted by Crippen LogP contribution is 2.24. The third-order valence-corrected chi connectivity index (χ3v) is 6.33. The Bertz CT molecular complexity index is 777. The summed E-state index contributed by atoms with van der Waals surface area (Å²) in [5, 5.41) is 3.46. The first-order valence-electron chi connectivity index (χ1n) is 10.9. The van der Waals surface area contributed by atoms with Crippen molar-refractivity contribution in [3.8, 4) is 11.3 Å². The van der Waals surface area contributed by atoms with E-state index in [-0.39, 0.29) is 0 Å². The molecule has 0 radical (unpaired) electrons. The van der Waals surface area contributed by atoms with Crippen molar-refractivity contribution in [2.75, 3.05) is 39.3 Å². The number of carbonyl (C=O) groups is 1. The number of benzene rings is 1. The second-order valence-electron chi connectivity index (χ2n) is 8.43. The van der Waals surface area contributed by atoms with Gasteiger partial charge in [0.1, 0.15) is 0 Å². The molecule has 2 unspecified atom stereocenters. The van der Waals surface area contributed by atoms with Crippen molar-refractivity contribution in [1.29, 1.82) is 0 Å². The molecule has 0 saturated carbocycles. The maximum Gasteiger partial charge on any atom is 0.222 e. The highest BCUT2D eigenvalue weighted by Gasteiger charge is 2.26. The molecule has 2 aliphatic heterocycles. The second-order valence-corrected chi connectivity index (χ2v) is 8.43. The molecule has 1 aromatic carbocycles. The maximum absolute atomic E-state index is 12.7. The standard InChI is InChI=1S/C23H32N4O2/c1-18(20-8-5-9-24-15-20)14-23(28)27-12-10-26(11-13-27)17-22-25-16-21(29-22)19-6-3-2-4-7-19/h2-4,6-7,16,18,20,24H,5,8-15,17H2,1H3. The summed E-state index contributed by atoms with van der Waals surface area (Å²) in [5.74, 6) is 2.95. The van der Waals surface area contributed by atoms with Gasteiger partial charge in [-0.1, -0.05) is 37.3 Å². The summed E-state index contributed by atoms with van der Waals surface area (Å²) in [6, 6.07) is 10.0. The van der Waals surface area contributed by atoms with Gasteiger partial charge in [-0.25, -0.2) is 4.98 Å². The minimum atomic E-state index is 0.310. The SMILES string of the molecule is CC(CC(=O)N1CCN(Cc2ncc(-c3ccccc3)o2)CC1)C1CCCNC1. The Morgan fingerprint density at radius 3 is 2.76 bits per heavy atom. The number of carbonyl (C=O) groups excluding carboxylic acids is 1. The molecule has 2 saturated heterocycles. The van der Waals surface area contributed by atoms with Crippen LogP contribution >= 0.6 is 0 Å². The molecule has 3 heterocycles. The first kappa shape index (κ1) is 20.1. The minimum Gasteiger partial charge on any atom is -0.439 e. The smallest absolute Gasteiger partial charge is 0.222 e. The quantitative estimate of drug-likeness (QED) is 0.813. The molecule has 1 N–H and O–H groups in total. The minimum absolute atomic E-state index is 0.310. The summed E-state index contributed by atoms with van der Waals surface area (Å²) in [4.78, 5) is 21.5. The molecule has 0 aliphatic carbocycles. The molecule has 2 fully saturated rings. The van der Waals surface area contributed by atoms with Crippen molar-refractivity contribution in [2.45, 2.75) is 32.7 Å². The third-order valence-electron chi connectivity index (χ3n) is 6.33. The van der Waals surface area contributed by atoms with Crippen LogP contribution in [0.15, 0.2) is 40.9 Å². The van der Waals surface area contributed by atoms with E-state index in [4.69, 9.17) is 4.42 Å². The Hall–Kier alpha value is -2.18. The number of piperazine rings is 1. The van der Waals surface area contributed by atoms with E-state index < -0.39 is 0 Å². The summed E-state index contributed by atoms with van der Waals surface area (Å²) in [5.41, 5.74) is 1.05. The van der Waals surface area contributed by atoms with Crippen LogP contribution in [0.5, 0.6) is 0 Å². The van der Waals surface area contributed by atoms with E-state index >= 15 is 0 Å². The Morgan fingerprint density at radius 1 is 1.24 bits per heavy atom. The zero-order chi connectivity index (χ0) is 20.1. The van der Waals surface area contributed by atoms with Crippen LogP contribution in [-0.4, -0.2) is 60.0 Å². The first-order chi connectivity index (χ1) is 14.2. The number of amides is 1. The molecule has 29 heavy (non-hydrogen) atoms. The van der Waals surface area contributed by atoms with Gasteiger partial charge in [-0.3, -0.25) is 9.69 Å². The normalized spacial score (nSPS) is 21.8. The number of rotatable bonds is 6. The van der Waals surface area contributed by atoms with Crippen LogP contribution in [0.1, 0.15) is 32.1 Å². The Balaban J connectivity index is 1.23. The van der Waals surface area contributed by atoms with Gasteiger partial charge in [-0.2, -0.15) is 0 Å². The molecule has 6 heteroatoms. The van der Waals surface area contributed by atoms with Crippen LogP contribution in [-0.2, 0) is 11.3 Å². The zero-order valence-corrected chi connectivity index (χ0v) is 17.3. The highest BCUT2D eigenvalue weighted by molar-refractivity contribution is 5.76. The average molecular weight is 397 g/mol. The molecule has 2 atom stereocenters. The lowest BCUT2D eigenvalue weighted by Crippen LogP contribution is -2.49. The number of nitrogens with one attached hydrogen (secondary N) is 1. The van der Waals surface area contributed by atoms with Crippen molar-refractivity contribution < 1.29 is 9.21 Å². The van der Waals surface area contributed by atoms with Gasteiger partial charge < -0.3 is 14.6 Å². The van der Waals surface area contributed by atoms with Crippen molar-refractivity contribution in [1.82, 2.24) is 20.1 Å². The van der Waals surface area contributed by atoms with Crippen LogP contribution < -0.4 is 5.32 Å². The molecular weight excluding hydrogens is 364 g/mol. The van der Waals surface area contributed by atoms with E-state index in [1.165, 1.54) is 12.8 Å². The van der Waals surface area contributed by atoms with Crippen LogP contribution in [0.25, 0.3) is 11.3 Å². The fourth-order valence-electron chi connectivity index (χ4n) is 4.40. The fourth-order valence-corrected chi connectivity index (χ4v) is 4.40. The molecule has 0 spiro atoms. The van der Waals surface area contributed by atoms with Gasteiger partial charge in [-0.05, 0) is 37.8 Å². The molecule has 2 aliphatic rings. The van der Waals surface area contributed by atoms with E-state index in [0.29, 0.717) is 30.7 Å². The van der Waals surface area contributed by atoms with E-state index in [1.54, 1.807) is 6.20 Å². The van der Waals surface area contributed by atoms with Crippen LogP contribution in [0, 0.1) is 11.8 Å². The number of aromatic nitrogens is 1. The van der Waals surface area contributed by atoms with Crippen molar-refractivity contribution in [3.63, 3.8) is 0 Å². The van der Waals surface area contributed by atoms with Gasteiger partial charge in [0, 0.05) is 38.2 Å². The number of hydrogen-bond donors (Lipinski definition) is 1. The van der Waals surface area contributed by atoms with Gasteiger partial charge in [0.2, 0.25) is 11.8 Å². The lowest BCUT2D eigenvalue weighted by atomic mass is 9.85. The van der Waals surface area contributed by atoms with Crippen molar-refractivity contribution >= 4 is 5.91 Å². The summed E-state index contributed by atoms with van der Waals surface area (Å²) < 4.78 is 5.93. The summed E-state index contributed by atoms with van der Waals surface area (Å²) in [7, 11) is 0. The zero-order valence-electron chi connectivity index (χ0n) is 17.3. The summed E-state index contributed by atoms with van der Waals surface area (Å²) in [6.07, 6.45) is 4.95. The van der Waals surface area contributed by atoms with E-state index in [1.807, 2.05) is 35.2 Å². The molecule has 0 bridgehead atoms.